The number of carbonyl (C=O) groups is 1. The fourth-order valence-corrected chi connectivity index (χ4v) is 4.04. The Hall–Kier alpha value is -3.11. The lowest BCUT2D eigenvalue weighted by Crippen LogP contribution is -2.30. The van der Waals surface area contributed by atoms with Gasteiger partial charge in [0.1, 0.15) is 5.75 Å². The van der Waals surface area contributed by atoms with Crippen molar-refractivity contribution in [2.75, 3.05) is 6.61 Å². The second-order valence-electron chi connectivity index (χ2n) is 8.13. The molecular weight excluding hydrogens is 420 g/mol. The summed E-state index contributed by atoms with van der Waals surface area (Å²) in [6, 6.07) is 19.0. The zero-order valence-electron chi connectivity index (χ0n) is 18.0. The van der Waals surface area contributed by atoms with Gasteiger partial charge >= 0.3 is 0 Å². The van der Waals surface area contributed by atoms with Gasteiger partial charge in [-0.2, -0.15) is 0 Å². The number of pyridine rings is 1. The van der Waals surface area contributed by atoms with E-state index in [0.717, 1.165) is 36.3 Å². The first-order valence-corrected chi connectivity index (χ1v) is 11.4. The minimum atomic E-state index is -0.0602. The van der Waals surface area contributed by atoms with Crippen LogP contribution in [0, 0.1) is 5.92 Å². The van der Waals surface area contributed by atoms with Gasteiger partial charge in [0, 0.05) is 36.1 Å². The summed E-state index contributed by atoms with van der Waals surface area (Å²) in [5.41, 5.74) is 2.65. The molecule has 1 aliphatic rings. The maximum absolute atomic E-state index is 13.3. The van der Waals surface area contributed by atoms with Gasteiger partial charge in [-0.25, -0.2) is 0 Å². The summed E-state index contributed by atoms with van der Waals surface area (Å²) in [5.74, 6) is 1.39. The van der Waals surface area contributed by atoms with E-state index in [1.54, 1.807) is 36.7 Å². The van der Waals surface area contributed by atoms with E-state index in [4.69, 9.17) is 16.3 Å². The predicted octanol–water partition coefficient (Wildman–Crippen LogP) is 6.31. The number of allylic oxidation sites excluding steroid dienone is 2. The first kappa shape index (κ1) is 22.1. The SMILES string of the molecule is O=C(c1cccc(Cl)c1)N(Cc1ccncc1)Cc1ccc(OCC2CC=CCC2)cc1. The molecular formula is C27H27ClN2O2. The maximum Gasteiger partial charge on any atom is 0.254 e. The molecule has 1 aliphatic carbocycles. The Morgan fingerprint density at radius 3 is 2.44 bits per heavy atom. The Morgan fingerprint density at radius 1 is 1.00 bits per heavy atom. The average molecular weight is 447 g/mol. The van der Waals surface area contributed by atoms with Gasteiger partial charge in [-0.05, 0) is 78.8 Å². The van der Waals surface area contributed by atoms with Crippen molar-refractivity contribution in [2.45, 2.75) is 32.4 Å². The first-order valence-electron chi connectivity index (χ1n) is 11.0. The predicted molar refractivity (Wildman–Crippen MR) is 128 cm³/mol. The minimum Gasteiger partial charge on any atom is -0.493 e. The van der Waals surface area contributed by atoms with Crippen molar-refractivity contribution in [3.05, 3.63) is 107 Å². The molecule has 1 heterocycles. The standard InChI is InChI=1S/C27H27ClN2O2/c28-25-8-4-7-24(17-25)27(31)30(19-22-13-15-29-16-14-22)18-21-9-11-26(12-10-21)32-20-23-5-2-1-3-6-23/h1-2,4,7-17,23H,3,5-6,18-20H2. The third-order valence-electron chi connectivity index (χ3n) is 5.64. The van der Waals surface area contributed by atoms with Gasteiger partial charge in [0.25, 0.3) is 5.91 Å². The number of rotatable bonds is 8. The van der Waals surface area contributed by atoms with Crippen LogP contribution in [-0.4, -0.2) is 22.4 Å². The summed E-state index contributed by atoms with van der Waals surface area (Å²) in [4.78, 5) is 19.2. The molecule has 2 aromatic carbocycles. The van der Waals surface area contributed by atoms with Crippen LogP contribution in [0.1, 0.15) is 40.7 Å². The molecule has 0 bridgehead atoms. The van der Waals surface area contributed by atoms with Crippen LogP contribution in [0.25, 0.3) is 0 Å². The van der Waals surface area contributed by atoms with Crippen molar-refractivity contribution >= 4 is 17.5 Å². The number of carbonyl (C=O) groups excluding carboxylic acids is 1. The lowest BCUT2D eigenvalue weighted by Gasteiger charge is -2.23. The van der Waals surface area contributed by atoms with Crippen molar-refractivity contribution in [1.82, 2.24) is 9.88 Å². The smallest absolute Gasteiger partial charge is 0.254 e. The average Bonchev–Trinajstić information content (AvgIpc) is 2.84. The van der Waals surface area contributed by atoms with E-state index in [2.05, 4.69) is 17.1 Å². The van der Waals surface area contributed by atoms with Crippen LogP contribution in [0.5, 0.6) is 5.75 Å². The Kier molecular flexibility index (Phi) is 7.57. The van der Waals surface area contributed by atoms with Gasteiger partial charge < -0.3 is 9.64 Å². The van der Waals surface area contributed by atoms with Crippen LogP contribution in [-0.2, 0) is 13.1 Å². The normalized spacial score (nSPS) is 15.3. The maximum atomic E-state index is 13.3. The van der Waals surface area contributed by atoms with Gasteiger partial charge in [0.05, 0.1) is 6.61 Å². The van der Waals surface area contributed by atoms with E-state index in [-0.39, 0.29) is 5.91 Å². The topological polar surface area (TPSA) is 42.4 Å². The Balaban J connectivity index is 1.45. The van der Waals surface area contributed by atoms with Crippen LogP contribution in [0.3, 0.4) is 0 Å². The molecule has 0 spiro atoms. The number of hydrogen-bond donors (Lipinski definition) is 0. The summed E-state index contributed by atoms with van der Waals surface area (Å²) in [5, 5.41) is 0.551. The molecule has 1 amide bonds. The molecule has 0 saturated carbocycles. The van der Waals surface area contributed by atoms with Crippen LogP contribution in [0.2, 0.25) is 5.02 Å². The molecule has 4 rings (SSSR count). The number of halogens is 1. The van der Waals surface area contributed by atoms with E-state index in [1.807, 2.05) is 41.3 Å². The molecule has 0 N–H and O–H groups in total. The third-order valence-corrected chi connectivity index (χ3v) is 5.88. The minimum absolute atomic E-state index is 0.0602. The number of ether oxygens (including phenoxy) is 1. The molecule has 4 nitrogen and oxygen atoms in total. The fourth-order valence-electron chi connectivity index (χ4n) is 3.85. The molecule has 32 heavy (non-hydrogen) atoms. The molecule has 0 saturated heterocycles. The van der Waals surface area contributed by atoms with E-state index in [0.29, 0.717) is 29.6 Å². The summed E-state index contributed by atoms with van der Waals surface area (Å²) in [7, 11) is 0. The Bertz CT molecular complexity index is 1050. The second-order valence-corrected chi connectivity index (χ2v) is 8.57. The highest BCUT2D eigenvalue weighted by Crippen LogP contribution is 2.22. The second kappa shape index (κ2) is 11.0. The molecule has 0 aliphatic heterocycles. The monoisotopic (exact) mass is 446 g/mol. The fraction of sp³-hybridized carbons (Fsp3) is 0.259. The number of hydrogen-bond acceptors (Lipinski definition) is 3. The molecule has 0 fully saturated rings. The molecule has 1 unspecified atom stereocenters. The summed E-state index contributed by atoms with van der Waals surface area (Å²) < 4.78 is 6.00. The first-order chi connectivity index (χ1) is 15.7. The number of aromatic nitrogens is 1. The lowest BCUT2D eigenvalue weighted by molar-refractivity contribution is 0.0730. The van der Waals surface area contributed by atoms with Gasteiger partial charge in [-0.1, -0.05) is 42.0 Å². The van der Waals surface area contributed by atoms with Crippen molar-refractivity contribution in [1.29, 1.82) is 0 Å². The zero-order chi connectivity index (χ0) is 22.2. The quantitative estimate of drug-likeness (QED) is 0.380. The van der Waals surface area contributed by atoms with Crippen LogP contribution < -0.4 is 4.74 Å². The highest BCUT2D eigenvalue weighted by atomic mass is 35.5. The Morgan fingerprint density at radius 2 is 1.75 bits per heavy atom. The highest BCUT2D eigenvalue weighted by Gasteiger charge is 2.17. The molecule has 1 atom stereocenters. The van der Waals surface area contributed by atoms with Crippen molar-refractivity contribution in [3.63, 3.8) is 0 Å². The highest BCUT2D eigenvalue weighted by molar-refractivity contribution is 6.30. The van der Waals surface area contributed by atoms with E-state index in [1.165, 1.54) is 6.42 Å². The molecule has 0 radical (unpaired) electrons. The number of nitrogens with zero attached hydrogens (tertiary/aromatic N) is 2. The molecule has 5 heteroatoms. The van der Waals surface area contributed by atoms with Gasteiger partial charge in [-0.3, -0.25) is 9.78 Å². The Labute approximate surface area is 194 Å². The molecule has 1 aromatic heterocycles. The summed E-state index contributed by atoms with van der Waals surface area (Å²) in [6.45, 7) is 1.72. The zero-order valence-corrected chi connectivity index (χ0v) is 18.7. The molecule has 164 valence electrons. The van der Waals surface area contributed by atoms with Crippen molar-refractivity contribution in [3.8, 4) is 5.75 Å². The summed E-state index contributed by atoms with van der Waals surface area (Å²) in [6.07, 6.45) is 11.4. The van der Waals surface area contributed by atoms with Crippen LogP contribution in [0.4, 0.5) is 0 Å². The van der Waals surface area contributed by atoms with Gasteiger partial charge in [0.15, 0.2) is 0 Å². The number of amides is 1. The van der Waals surface area contributed by atoms with Gasteiger partial charge in [-0.15, -0.1) is 0 Å². The van der Waals surface area contributed by atoms with Crippen LogP contribution >= 0.6 is 11.6 Å². The molecule has 3 aromatic rings. The van der Waals surface area contributed by atoms with Gasteiger partial charge in [0.2, 0.25) is 0 Å². The summed E-state index contributed by atoms with van der Waals surface area (Å²) >= 11 is 6.12. The van der Waals surface area contributed by atoms with Crippen molar-refractivity contribution in [2.24, 2.45) is 5.92 Å². The lowest BCUT2D eigenvalue weighted by atomic mass is 9.95. The number of benzene rings is 2. The van der Waals surface area contributed by atoms with E-state index in [9.17, 15) is 4.79 Å². The van der Waals surface area contributed by atoms with E-state index >= 15 is 0 Å². The van der Waals surface area contributed by atoms with E-state index < -0.39 is 0 Å². The third kappa shape index (κ3) is 6.21. The van der Waals surface area contributed by atoms with Crippen LogP contribution in [0.15, 0.2) is 85.2 Å². The largest absolute Gasteiger partial charge is 0.493 e. The van der Waals surface area contributed by atoms with Crippen molar-refractivity contribution < 1.29 is 9.53 Å².